The molecule has 1 rings (SSSR count). The second kappa shape index (κ2) is 9.90. The highest BCUT2D eigenvalue weighted by Gasteiger charge is 2.24. The molecule has 22 heavy (non-hydrogen) atoms. The van der Waals surface area contributed by atoms with Gasteiger partial charge in [-0.3, -0.25) is 4.90 Å². The molecule has 0 bridgehead atoms. The summed E-state index contributed by atoms with van der Waals surface area (Å²) in [6.07, 6.45) is 4.47. The predicted octanol–water partition coefficient (Wildman–Crippen LogP) is 0.972. The summed E-state index contributed by atoms with van der Waals surface area (Å²) in [5.74, 6) is 2.53. The zero-order valence-electron chi connectivity index (χ0n) is 13.6. The third kappa shape index (κ3) is 7.32. The maximum Gasteiger partial charge on any atom is 0.409 e. The lowest BCUT2D eigenvalue weighted by Gasteiger charge is -2.35. The van der Waals surface area contributed by atoms with Crippen LogP contribution in [0.4, 0.5) is 4.79 Å². The number of hydrogen-bond donors (Lipinski definition) is 1. The van der Waals surface area contributed by atoms with E-state index in [4.69, 9.17) is 15.9 Å². The molecule has 1 atom stereocenters. The van der Waals surface area contributed by atoms with Gasteiger partial charge < -0.3 is 19.5 Å². The molecule has 0 saturated carbocycles. The number of nitrogens with zero attached hydrogens (tertiary/aromatic N) is 2. The number of halogens is 1. The van der Waals surface area contributed by atoms with Gasteiger partial charge in [-0.2, -0.15) is 0 Å². The lowest BCUT2D eigenvalue weighted by Crippen LogP contribution is -2.51. The summed E-state index contributed by atoms with van der Waals surface area (Å²) in [6.45, 7) is 9.14. The summed E-state index contributed by atoms with van der Waals surface area (Å²) >= 11 is 0. The number of β-amino-alcohol motifs (C(OH)–C–C–N with tert-alkyl or cyclic N) is 1. The summed E-state index contributed by atoms with van der Waals surface area (Å²) in [4.78, 5) is 15.4. The van der Waals surface area contributed by atoms with E-state index in [9.17, 15) is 9.90 Å². The maximum atomic E-state index is 11.6. The van der Waals surface area contributed by atoms with Gasteiger partial charge in [-0.05, 0) is 20.8 Å². The molecule has 1 aliphatic rings. The number of aliphatic hydroxyl groups is 1. The number of rotatable bonds is 6. The maximum absolute atomic E-state index is 11.6. The molecule has 7 heteroatoms. The van der Waals surface area contributed by atoms with Crippen molar-refractivity contribution >= 4 is 18.5 Å². The van der Waals surface area contributed by atoms with E-state index in [0.717, 1.165) is 0 Å². The molecule has 0 aliphatic carbocycles. The number of carbonyl (C=O) groups is 1. The molecule has 0 aromatic rings. The van der Waals surface area contributed by atoms with Gasteiger partial charge in [0.25, 0.3) is 0 Å². The minimum absolute atomic E-state index is 0. The van der Waals surface area contributed by atoms with Crippen molar-refractivity contribution in [2.45, 2.75) is 32.5 Å². The topological polar surface area (TPSA) is 62.2 Å². The summed E-state index contributed by atoms with van der Waals surface area (Å²) in [6, 6.07) is 0. The number of hydrogen-bond acceptors (Lipinski definition) is 5. The Morgan fingerprint density at radius 1 is 1.36 bits per heavy atom. The van der Waals surface area contributed by atoms with Crippen LogP contribution in [0.1, 0.15) is 20.8 Å². The van der Waals surface area contributed by atoms with Gasteiger partial charge in [-0.1, -0.05) is 5.92 Å². The fraction of sp³-hybridized carbons (Fsp3) is 0.800. The summed E-state index contributed by atoms with van der Waals surface area (Å²) in [5.41, 5.74) is -0.663. The van der Waals surface area contributed by atoms with E-state index in [0.29, 0.717) is 39.3 Å². The Balaban J connectivity index is 0.00000441. The van der Waals surface area contributed by atoms with Crippen LogP contribution in [-0.2, 0) is 9.47 Å². The van der Waals surface area contributed by atoms with Gasteiger partial charge >= 0.3 is 6.09 Å². The Bertz CT molecular complexity index is 376. The summed E-state index contributed by atoms with van der Waals surface area (Å²) in [5, 5.41) is 9.98. The first-order valence-electron chi connectivity index (χ1n) is 7.31. The van der Waals surface area contributed by atoms with Crippen LogP contribution in [0.3, 0.4) is 0 Å². The smallest absolute Gasteiger partial charge is 0.409 e. The third-order valence-electron chi connectivity index (χ3n) is 3.35. The second-order valence-corrected chi connectivity index (χ2v) is 5.61. The van der Waals surface area contributed by atoms with Crippen LogP contribution in [0.5, 0.6) is 0 Å². The molecule has 1 N–H and O–H groups in total. The van der Waals surface area contributed by atoms with Gasteiger partial charge in [0.05, 0.1) is 19.3 Å². The first-order valence-corrected chi connectivity index (χ1v) is 7.31. The van der Waals surface area contributed by atoms with E-state index < -0.39 is 11.7 Å². The van der Waals surface area contributed by atoms with Crippen LogP contribution in [0.2, 0.25) is 0 Å². The van der Waals surface area contributed by atoms with E-state index in [1.807, 2.05) is 0 Å². The third-order valence-corrected chi connectivity index (χ3v) is 3.35. The number of amides is 1. The lowest BCUT2D eigenvalue weighted by atomic mass is 10.1. The van der Waals surface area contributed by atoms with Gasteiger partial charge in [0.15, 0.2) is 0 Å². The monoisotopic (exact) mass is 334 g/mol. The van der Waals surface area contributed by atoms with E-state index in [-0.39, 0.29) is 25.1 Å². The molecule has 128 valence electrons. The predicted molar refractivity (Wildman–Crippen MR) is 87.2 cm³/mol. The summed E-state index contributed by atoms with van der Waals surface area (Å²) in [7, 11) is 0. The van der Waals surface area contributed by atoms with Crippen molar-refractivity contribution in [1.82, 2.24) is 9.80 Å². The molecule has 6 nitrogen and oxygen atoms in total. The zero-order chi connectivity index (χ0) is 15.9. The molecule has 0 aromatic carbocycles. The standard InChI is InChI=1S/C15H26N2O4.ClH/c1-5-15(3,4)21-12-13(18)11-16-7-9-17(10-8-16)14(19)20-6-2;/h1,13,18H,6-12H2,2-4H3;1H. The number of aliphatic hydroxyl groups excluding tert-OH is 1. The van der Waals surface area contributed by atoms with Crippen molar-refractivity contribution in [3.63, 3.8) is 0 Å². The first kappa shape index (κ1) is 21.0. The first-order chi connectivity index (χ1) is 9.88. The highest BCUT2D eigenvalue weighted by molar-refractivity contribution is 5.85. The molecule has 0 aromatic heterocycles. The molecule has 1 heterocycles. The highest BCUT2D eigenvalue weighted by Crippen LogP contribution is 2.09. The van der Waals surface area contributed by atoms with E-state index in [1.165, 1.54) is 0 Å². The van der Waals surface area contributed by atoms with Crippen molar-refractivity contribution in [2.24, 2.45) is 0 Å². The normalized spacial score (nSPS) is 17.3. The Morgan fingerprint density at radius 2 is 1.95 bits per heavy atom. The Hall–Kier alpha value is -1.00. The molecule has 0 spiro atoms. The van der Waals surface area contributed by atoms with Crippen LogP contribution in [-0.4, -0.2) is 78.6 Å². The molecule has 0 radical (unpaired) electrons. The van der Waals surface area contributed by atoms with Crippen molar-refractivity contribution < 1.29 is 19.4 Å². The highest BCUT2D eigenvalue weighted by atomic mass is 35.5. The van der Waals surface area contributed by atoms with Crippen molar-refractivity contribution in [2.75, 3.05) is 45.9 Å². The molecular weight excluding hydrogens is 308 g/mol. The lowest BCUT2D eigenvalue weighted by molar-refractivity contribution is -0.0406. The quantitative estimate of drug-likeness (QED) is 0.733. The molecule has 1 fully saturated rings. The summed E-state index contributed by atoms with van der Waals surface area (Å²) < 4.78 is 10.4. The van der Waals surface area contributed by atoms with Gasteiger partial charge in [-0.15, -0.1) is 18.8 Å². The van der Waals surface area contributed by atoms with Crippen molar-refractivity contribution in [3.8, 4) is 12.3 Å². The van der Waals surface area contributed by atoms with Crippen LogP contribution in [0, 0.1) is 12.3 Å². The van der Waals surface area contributed by atoms with E-state index >= 15 is 0 Å². The molecular formula is C15H27ClN2O4. The molecule has 1 aliphatic heterocycles. The van der Waals surface area contributed by atoms with Crippen molar-refractivity contribution in [1.29, 1.82) is 0 Å². The number of ether oxygens (including phenoxy) is 2. The Labute approximate surface area is 139 Å². The molecule has 1 unspecified atom stereocenters. The van der Waals surface area contributed by atoms with Crippen LogP contribution in [0.25, 0.3) is 0 Å². The zero-order valence-corrected chi connectivity index (χ0v) is 14.4. The van der Waals surface area contributed by atoms with Gasteiger partial charge in [0.2, 0.25) is 0 Å². The fourth-order valence-electron chi connectivity index (χ4n) is 2.02. The van der Waals surface area contributed by atoms with Gasteiger partial charge in [-0.25, -0.2) is 4.79 Å². The van der Waals surface area contributed by atoms with Crippen LogP contribution >= 0.6 is 12.4 Å². The second-order valence-electron chi connectivity index (χ2n) is 5.61. The largest absolute Gasteiger partial charge is 0.450 e. The van der Waals surface area contributed by atoms with E-state index in [2.05, 4.69) is 10.8 Å². The fourth-order valence-corrected chi connectivity index (χ4v) is 2.02. The average molecular weight is 335 g/mol. The number of piperazine rings is 1. The van der Waals surface area contributed by atoms with Gasteiger partial charge in [0.1, 0.15) is 5.60 Å². The minimum atomic E-state index is -0.663. The molecule has 1 saturated heterocycles. The van der Waals surface area contributed by atoms with Crippen LogP contribution < -0.4 is 0 Å². The number of carbonyl (C=O) groups excluding carboxylic acids is 1. The van der Waals surface area contributed by atoms with Crippen molar-refractivity contribution in [3.05, 3.63) is 0 Å². The SMILES string of the molecule is C#CC(C)(C)OCC(O)CN1CCN(C(=O)OCC)CC1.Cl. The minimum Gasteiger partial charge on any atom is -0.450 e. The number of terminal acetylenes is 1. The van der Waals surface area contributed by atoms with Crippen LogP contribution in [0.15, 0.2) is 0 Å². The Morgan fingerprint density at radius 3 is 2.45 bits per heavy atom. The van der Waals surface area contributed by atoms with Gasteiger partial charge in [0, 0.05) is 32.7 Å². The van der Waals surface area contributed by atoms with E-state index in [1.54, 1.807) is 25.7 Å². The average Bonchev–Trinajstić information content (AvgIpc) is 2.46. The Kier molecular flexibility index (Phi) is 9.45. The molecule has 1 amide bonds.